The summed E-state index contributed by atoms with van der Waals surface area (Å²) in [7, 11) is 0. The van der Waals surface area contributed by atoms with Crippen molar-refractivity contribution < 1.29 is 27.8 Å². The zero-order chi connectivity index (χ0) is 15.0. The number of rotatable bonds is 7. The van der Waals surface area contributed by atoms with Crippen LogP contribution in [0.2, 0.25) is 0 Å². The molecule has 0 spiro atoms. The van der Waals surface area contributed by atoms with Crippen molar-refractivity contribution in [1.29, 1.82) is 0 Å². The van der Waals surface area contributed by atoms with E-state index in [1.54, 1.807) is 6.92 Å². The van der Waals surface area contributed by atoms with Crippen LogP contribution in [-0.2, 0) is 19.1 Å². The molecule has 0 aromatic carbocycles. The Morgan fingerprint density at radius 3 is 2.75 bits per heavy atom. The zero-order valence-corrected chi connectivity index (χ0v) is 11.6. The molecule has 0 N–H and O–H groups in total. The third kappa shape index (κ3) is 5.40. The van der Waals surface area contributed by atoms with Gasteiger partial charge in [-0.05, 0) is 26.2 Å². The molecule has 20 heavy (non-hydrogen) atoms. The van der Waals surface area contributed by atoms with Gasteiger partial charge in [0.2, 0.25) is 5.91 Å². The number of nitrogens with zero attached hydrogens (tertiary/aromatic N) is 1. The van der Waals surface area contributed by atoms with Crippen molar-refractivity contribution in [2.24, 2.45) is 0 Å². The molecule has 0 saturated carbocycles. The lowest BCUT2D eigenvalue weighted by molar-refractivity contribution is -0.157. The fraction of sp³-hybridized carbons (Fsp3) is 0.846. The fourth-order valence-corrected chi connectivity index (χ4v) is 2.19. The maximum Gasteiger partial charge on any atom is 0.328 e. The van der Waals surface area contributed by atoms with Crippen LogP contribution in [0, 0.1) is 0 Å². The molecule has 1 saturated heterocycles. The van der Waals surface area contributed by atoms with E-state index in [-0.39, 0.29) is 25.5 Å². The summed E-state index contributed by atoms with van der Waals surface area (Å²) < 4.78 is 33.4. The van der Waals surface area contributed by atoms with E-state index < -0.39 is 25.0 Å². The Hall–Kier alpha value is -1.24. The molecule has 1 fully saturated rings. The van der Waals surface area contributed by atoms with E-state index in [2.05, 4.69) is 4.74 Å². The van der Waals surface area contributed by atoms with Crippen LogP contribution < -0.4 is 0 Å². The first-order valence-electron chi connectivity index (χ1n) is 6.88. The summed E-state index contributed by atoms with van der Waals surface area (Å²) in [5.41, 5.74) is 0. The van der Waals surface area contributed by atoms with Crippen LogP contribution in [0.3, 0.4) is 0 Å². The van der Waals surface area contributed by atoms with E-state index in [0.29, 0.717) is 13.0 Å². The number of amides is 1. The van der Waals surface area contributed by atoms with Crippen molar-refractivity contribution in [3.05, 3.63) is 0 Å². The molecular formula is C13H21F2NO4. The number of likely N-dealkylation sites (tertiary alicyclic amines) is 1. The molecule has 5 nitrogen and oxygen atoms in total. The highest BCUT2D eigenvalue weighted by atomic mass is 19.3. The number of esters is 1. The summed E-state index contributed by atoms with van der Waals surface area (Å²) >= 11 is 0. The van der Waals surface area contributed by atoms with Crippen LogP contribution in [0.1, 0.15) is 32.6 Å². The van der Waals surface area contributed by atoms with Crippen LogP contribution >= 0.6 is 0 Å². The third-order valence-electron chi connectivity index (χ3n) is 3.09. The third-order valence-corrected chi connectivity index (χ3v) is 3.09. The first kappa shape index (κ1) is 16.8. The van der Waals surface area contributed by atoms with Crippen LogP contribution in [0.15, 0.2) is 0 Å². The number of piperidine rings is 1. The number of halogens is 2. The lowest BCUT2D eigenvalue weighted by Crippen LogP contribution is -2.48. The second kappa shape index (κ2) is 8.84. The van der Waals surface area contributed by atoms with Gasteiger partial charge in [-0.25, -0.2) is 13.6 Å². The first-order chi connectivity index (χ1) is 9.56. The SMILES string of the molecule is CCOC(=O)C1CCCCN1C(=O)CCOCC(F)F. The van der Waals surface area contributed by atoms with Gasteiger partial charge in [-0.1, -0.05) is 0 Å². The number of carbonyl (C=O) groups excluding carboxylic acids is 2. The predicted molar refractivity (Wildman–Crippen MR) is 67.4 cm³/mol. The van der Waals surface area contributed by atoms with Crippen LogP contribution in [0.4, 0.5) is 8.78 Å². The normalized spacial score (nSPS) is 19.2. The van der Waals surface area contributed by atoms with Crippen molar-refractivity contribution >= 4 is 11.9 Å². The lowest BCUT2D eigenvalue weighted by atomic mass is 10.0. The lowest BCUT2D eigenvalue weighted by Gasteiger charge is -2.34. The zero-order valence-electron chi connectivity index (χ0n) is 11.6. The van der Waals surface area contributed by atoms with Crippen LogP contribution in [0.5, 0.6) is 0 Å². The topological polar surface area (TPSA) is 55.8 Å². The Kier molecular flexibility index (Phi) is 7.43. The molecule has 0 radical (unpaired) electrons. The number of hydrogen-bond donors (Lipinski definition) is 0. The molecule has 0 aromatic heterocycles. The van der Waals surface area contributed by atoms with Crippen molar-refractivity contribution in [3.63, 3.8) is 0 Å². The van der Waals surface area contributed by atoms with Crippen molar-refractivity contribution in [2.75, 3.05) is 26.4 Å². The molecule has 1 unspecified atom stereocenters. The summed E-state index contributed by atoms with van der Waals surface area (Å²) in [6.07, 6.45) is -0.243. The van der Waals surface area contributed by atoms with E-state index in [1.165, 1.54) is 4.90 Å². The van der Waals surface area contributed by atoms with E-state index in [9.17, 15) is 18.4 Å². The summed E-state index contributed by atoms with van der Waals surface area (Å²) in [6, 6.07) is -0.550. The molecular weight excluding hydrogens is 272 g/mol. The first-order valence-corrected chi connectivity index (χ1v) is 6.88. The van der Waals surface area contributed by atoms with Gasteiger partial charge in [-0.15, -0.1) is 0 Å². The van der Waals surface area contributed by atoms with Gasteiger partial charge < -0.3 is 14.4 Å². The van der Waals surface area contributed by atoms with Gasteiger partial charge in [0, 0.05) is 6.54 Å². The largest absolute Gasteiger partial charge is 0.464 e. The highest BCUT2D eigenvalue weighted by Crippen LogP contribution is 2.19. The molecule has 1 aliphatic rings. The highest BCUT2D eigenvalue weighted by Gasteiger charge is 2.32. The minimum atomic E-state index is -2.53. The van der Waals surface area contributed by atoms with Gasteiger partial charge in [-0.2, -0.15) is 0 Å². The van der Waals surface area contributed by atoms with Gasteiger partial charge in [-0.3, -0.25) is 4.79 Å². The quantitative estimate of drug-likeness (QED) is 0.528. The minimum absolute atomic E-state index is 0.00260. The second-order valence-electron chi connectivity index (χ2n) is 4.57. The predicted octanol–water partition coefficient (Wildman–Crippen LogP) is 1.60. The summed E-state index contributed by atoms with van der Waals surface area (Å²) in [5, 5.41) is 0. The number of hydrogen-bond acceptors (Lipinski definition) is 4. The van der Waals surface area contributed by atoms with Crippen molar-refractivity contribution in [1.82, 2.24) is 4.90 Å². The molecule has 1 atom stereocenters. The molecule has 0 aliphatic carbocycles. The Bertz CT molecular complexity index is 325. The van der Waals surface area contributed by atoms with Gasteiger partial charge in [0.15, 0.2) is 0 Å². The average Bonchev–Trinajstić information content (AvgIpc) is 2.43. The van der Waals surface area contributed by atoms with Gasteiger partial charge in [0.1, 0.15) is 12.6 Å². The second-order valence-corrected chi connectivity index (χ2v) is 4.57. The van der Waals surface area contributed by atoms with E-state index in [0.717, 1.165) is 12.8 Å². The molecule has 1 amide bonds. The number of carbonyl (C=O) groups is 2. The van der Waals surface area contributed by atoms with Crippen molar-refractivity contribution in [3.8, 4) is 0 Å². The molecule has 0 aromatic rings. The standard InChI is InChI=1S/C13H21F2NO4/c1-2-20-13(18)10-5-3-4-7-16(10)12(17)6-8-19-9-11(14)15/h10-11H,2-9H2,1H3. The summed E-state index contributed by atoms with van der Waals surface area (Å²) in [5.74, 6) is -0.647. The number of alkyl halides is 2. The van der Waals surface area contributed by atoms with E-state index >= 15 is 0 Å². The smallest absolute Gasteiger partial charge is 0.328 e. The fourth-order valence-electron chi connectivity index (χ4n) is 2.19. The minimum Gasteiger partial charge on any atom is -0.464 e. The monoisotopic (exact) mass is 293 g/mol. The Morgan fingerprint density at radius 2 is 2.10 bits per heavy atom. The molecule has 1 aliphatic heterocycles. The summed E-state index contributed by atoms with van der Waals surface area (Å²) in [4.78, 5) is 25.3. The van der Waals surface area contributed by atoms with Crippen LogP contribution in [0.25, 0.3) is 0 Å². The molecule has 116 valence electrons. The maximum absolute atomic E-state index is 12.0. The molecule has 7 heteroatoms. The van der Waals surface area contributed by atoms with Gasteiger partial charge >= 0.3 is 5.97 Å². The van der Waals surface area contributed by atoms with Crippen LogP contribution in [-0.4, -0.2) is 55.6 Å². The van der Waals surface area contributed by atoms with Gasteiger partial charge in [0.25, 0.3) is 6.43 Å². The number of ether oxygens (including phenoxy) is 2. The molecule has 0 bridgehead atoms. The molecule has 1 heterocycles. The van der Waals surface area contributed by atoms with Crippen molar-refractivity contribution in [2.45, 2.75) is 45.1 Å². The maximum atomic E-state index is 12.0. The van der Waals surface area contributed by atoms with Gasteiger partial charge in [0.05, 0.1) is 19.6 Å². The Morgan fingerprint density at radius 1 is 1.35 bits per heavy atom. The van der Waals surface area contributed by atoms with E-state index in [1.807, 2.05) is 0 Å². The molecule has 1 rings (SSSR count). The average molecular weight is 293 g/mol. The Balaban J connectivity index is 2.43. The highest BCUT2D eigenvalue weighted by molar-refractivity contribution is 5.84. The summed E-state index contributed by atoms with van der Waals surface area (Å²) in [6.45, 7) is 1.75. The Labute approximate surface area is 117 Å². The van der Waals surface area contributed by atoms with E-state index in [4.69, 9.17) is 4.74 Å².